The van der Waals surface area contributed by atoms with Crippen molar-refractivity contribution in [1.29, 1.82) is 0 Å². The first-order chi connectivity index (χ1) is 8.70. The molecule has 0 aliphatic heterocycles. The Balaban J connectivity index is 0.00000324. The van der Waals surface area contributed by atoms with Gasteiger partial charge in [-0.2, -0.15) is 0 Å². The van der Waals surface area contributed by atoms with Gasteiger partial charge in [0.1, 0.15) is 0 Å². The van der Waals surface area contributed by atoms with E-state index in [-0.39, 0.29) is 24.0 Å². The highest BCUT2D eigenvalue weighted by Crippen LogP contribution is 2.11. The van der Waals surface area contributed by atoms with Gasteiger partial charge >= 0.3 is 0 Å². The summed E-state index contributed by atoms with van der Waals surface area (Å²) in [5.74, 6) is 0. The zero-order chi connectivity index (χ0) is 13.3. The van der Waals surface area contributed by atoms with E-state index in [4.69, 9.17) is 0 Å². The number of hydrogen-bond acceptors (Lipinski definition) is 0. The van der Waals surface area contributed by atoms with Gasteiger partial charge in [-0.3, -0.25) is 0 Å². The molecule has 110 valence electrons. The van der Waals surface area contributed by atoms with Crippen molar-refractivity contribution in [3.8, 4) is 0 Å². The van der Waals surface area contributed by atoms with Gasteiger partial charge in [0.2, 0.25) is 0 Å². The van der Waals surface area contributed by atoms with Crippen LogP contribution in [0, 0.1) is 0 Å². The van der Waals surface area contributed by atoms with Gasteiger partial charge in [0.05, 0.1) is 26.7 Å². The molecule has 0 aliphatic carbocycles. The molecule has 0 unspecified atom stereocenters. The first-order valence-electron chi connectivity index (χ1n) is 7.57. The third kappa shape index (κ3) is 7.93. The molecule has 0 amide bonds. The molecule has 0 N–H and O–H groups in total. The van der Waals surface area contributed by atoms with Crippen LogP contribution in [0.5, 0.6) is 0 Å². The quantitative estimate of drug-likeness (QED) is 0.451. The fraction of sp³-hybridized carbons (Fsp3) is 0.647. The highest BCUT2D eigenvalue weighted by atomic mass is 127. The van der Waals surface area contributed by atoms with Crippen LogP contribution in [0.2, 0.25) is 0 Å². The number of hydrogen-bond donors (Lipinski definition) is 0. The lowest BCUT2D eigenvalue weighted by Crippen LogP contribution is -3.00. The Labute approximate surface area is 137 Å². The van der Waals surface area contributed by atoms with Crippen LogP contribution in [0.4, 0.5) is 0 Å². The second-order valence-electron chi connectivity index (χ2n) is 5.73. The molecule has 0 heterocycles. The molecule has 0 radical (unpaired) electrons. The predicted octanol–water partition coefficient (Wildman–Crippen LogP) is 1.28. The van der Waals surface area contributed by atoms with Crippen LogP contribution in [0.25, 0.3) is 0 Å². The lowest BCUT2D eigenvalue weighted by atomic mass is 10.1. The van der Waals surface area contributed by atoms with Crippen LogP contribution in [-0.4, -0.2) is 31.2 Å². The molecular weight excluding hydrogens is 345 g/mol. The second-order valence-corrected chi connectivity index (χ2v) is 5.73. The summed E-state index contributed by atoms with van der Waals surface area (Å²) in [7, 11) is 2.44. The average molecular weight is 375 g/mol. The summed E-state index contributed by atoms with van der Waals surface area (Å²) in [6, 6.07) is 10.9. The van der Waals surface area contributed by atoms with Crippen LogP contribution < -0.4 is 24.0 Å². The maximum Gasteiger partial charge on any atom is 0.0825 e. The molecule has 0 aromatic heterocycles. The van der Waals surface area contributed by atoms with Crippen LogP contribution in [0.1, 0.15) is 45.1 Å². The van der Waals surface area contributed by atoms with Gasteiger partial charge in [-0.1, -0.05) is 57.0 Å². The summed E-state index contributed by atoms with van der Waals surface area (Å²) >= 11 is 0. The van der Waals surface area contributed by atoms with E-state index in [2.05, 4.69) is 51.2 Å². The van der Waals surface area contributed by atoms with Crippen LogP contribution in [-0.2, 0) is 6.42 Å². The Morgan fingerprint density at radius 3 is 1.84 bits per heavy atom. The number of quaternary nitrogens is 1. The van der Waals surface area contributed by atoms with E-state index in [9.17, 15) is 0 Å². The second kappa shape index (κ2) is 10.7. The van der Waals surface area contributed by atoms with Crippen molar-refractivity contribution in [1.82, 2.24) is 0 Å². The third-order valence-electron chi connectivity index (χ3n) is 3.89. The molecule has 2 heteroatoms. The van der Waals surface area contributed by atoms with Gasteiger partial charge in [-0.25, -0.2) is 0 Å². The Morgan fingerprint density at radius 2 is 1.37 bits per heavy atom. The largest absolute Gasteiger partial charge is 1.00 e. The lowest BCUT2D eigenvalue weighted by molar-refractivity contribution is -0.909. The summed E-state index contributed by atoms with van der Waals surface area (Å²) in [4.78, 5) is 0. The van der Waals surface area contributed by atoms with Gasteiger partial charge in [-0.15, -0.1) is 0 Å². The SMILES string of the molecule is CCCC[N+](C)(CCCC)CCc1ccccc1.[I-]. The van der Waals surface area contributed by atoms with Gasteiger partial charge in [-0.05, 0) is 18.4 Å². The Morgan fingerprint density at radius 1 is 0.842 bits per heavy atom. The molecule has 1 rings (SSSR count). The van der Waals surface area contributed by atoms with Crippen molar-refractivity contribution < 1.29 is 28.5 Å². The molecule has 0 aliphatic rings. The van der Waals surface area contributed by atoms with E-state index in [1.54, 1.807) is 0 Å². The zero-order valence-electron chi connectivity index (χ0n) is 12.9. The first-order valence-corrected chi connectivity index (χ1v) is 7.57. The van der Waals surface area contributed by atoms with Crippen LogP contribution >= 0.6 is 0 Å². The van der Waals surface area contributed by atoms with Crippen molar-refractivity contribution in [3.05, 3.63) is 35.9 Å². The summed E-state index contributed by atoms with van der Waals surface area (Å²) in [6.07, 6.45) is 6.55. The van der Waals surface area contributed by atoms with E-state index >= 15 is 0 Å². The normalized spacial score (nSPS) is 11.1. The minimum atomic E-state index is 0. The monoisotopic (exact) mass is 375 g/mol. The van der Waals surface area contributed by atoms with E-state index in [0.717, 1.165) is 0 Å². The minimum absolute atomic E-state index is 0. The third-order valence-corrected chi connectivity index (χ3v) is 3.89. The molecule has 0 atom stereocenters. The summed E-state index contributed by atoms with van der Waals surface area (Å²) in [5, 5.41) is 0. The number of nitrogens with zero attached hydrogens (tertiary/aromatic N) is 1. The first kappa shape index (κ1) is 18.9. The number of unbranched alkanes of at least 4 members (excludes halogenated alkanes) is 2. The fourth-order valence-corrected chi connectivity index (χ4v) is 2.46. The van der Waals surface area contributed by atoms with Crippen molar-refractivity contribution >= 4 is 0 Å². The molecule has 0 saturated carbocycles. The van der Waals surface area contributed by atoms with Crippen molar-refractivity contribution in [2.45, 2.75) is 46.0 Å². The van der Waals surface area contributed by atoms with Crippen LogP contribution in [0.15, 0.2) is 30.3 Å². The van der Waals surface area contributed by atoms with Gasteiger partial charge < -0.3 is 28.5 Å². The molecule has 0 saturated heterocycles. The van der Waals surface area contributed by atoms with Gasteiger partial charge in [0.25, 0.3) is 0 Å². The standard InChI is InChI=1S/C17H30N.HI/c1-4-6-14-18(3,15-7-5-2)16-13-17-11-9-8-10-12-17;/h8-12H,4-7,13-16H2,1-3H3;1H/q+1;/p-1. The highest BCUT2D eigenvalue weighted by molar-refractivity contribution is 5.14. The number of likely N-dealkylation sites (N-methyl/N-ethyl adjacent to an activating group) is 1. The lowest BCUT2D eigenvalue weighted by Gasteiger charge is -2.35. The van der Waals surface area contributed by atoms with Crippen molar-refractivity contribution in [3.63, 3.8) is 0 Å². The smallest absolute Gasteiger partial charge is 0.0825 e. The maximum atomic E-state index is 2.44. The topological polar surface area (TPSA) is 0 Å². The number of halogens is 1. The van der Waals surface area contributed by atoms with E-state index in [1.165, 1.54) is 61.8 Å². The number of benzene rings is 1. The summed E-state index contributed by atoms with van der Waals surface area (Å²) in [5.41, 5.74) is 1.48. The molecule has 1 nitrogen and oxygen atoms in total. The Hall–Kier alpha value is -0.0900. The highest BCUT2D eigenvalue weighted by Gasteiger charge is 2.19. The fourth-order valence-electron chi connectivity index (χ4n) is 2.46. The molecule has 19 heavy (non-hydrogen) atoms. The molecular formula is C17H30IN. The molecule has 0 bridgehead atoms. The maximum absolute atomic E-state index is 2.44. The molecule has 1 aromatic rings. The average Bonchev–Trinajstić information content (AvgIpc) is 2.42. The Bertz CT molecular complexity index is 302. The number of rotatable bonds is 9. The Kier molecular flexibility index (Phi) is 10.6. The van der Waals surface area contributed by atoms with E-state index < -0.39 is 0 Å². The van der Waals surface area contributed by atoms with Crippen molar-refractivity contribution in [2.24, 2.45) is 0 Å². The summed E-state index contributed by atoms with van der Waals surface area (Å²) < 4.78 is 1.25. The zero-order valence-corrected chi connectivity index (χ0v) is 15.0. The van der Waals surface area contributed by atoms with Crippen molar-refractivity contribution in [2.75, 3.05) is 26.7 Å². The minimum Gasteiger partial charge on any atom is -1.00 e. The van der Waals surface area contributed by atoms with Gasteiger partial charge in [0.15, 0.2) is 0 Å². The van der Waals surface area contributed by atoms with E-state index in [0.29, 0.717) is 0 Å². The molecule has 0 fully saturated rings. The van der Waals surface area contributed by atoms with E-state index in [1.807, 2.05) is 0 Å². The molecule has 0 spiro atoms. The predicted molar refractivity (Wildman–Crippen MR) is 80.7 cm³/mol. The summed E-state index contributed by atoms with van der Waals surface area (Å²) in [6.45, 7) is 8.54. The molecule has 1 aromatic carbocycles. The van der Waals surface area contributed by atoms with Crippen LogP contribution in [0.3, 0.4) is 0 Å². The van der Waals surface area contributed by atoms with Gasteiger partial charge in [0, 0.05) is 6.42 Å².